The molecular weight excluding hydrogens is 382 g/mol. The first kappa shape index (κ1) is 21.9. The number of amides is 1. The number of aliphatic hydroxyl groups excluding tert-OH is 2. The molecule has 0 unspecified atom stereocenters. The second-order valence-corrected chi connectivity index (χ2v) is 7.49. The molecule has 2 fully saturated rings. The summed E-state index contributed by atoms with van der Waals surface area (Å²) in [5, 5.41) is 22.4. The van der Waals surface area contributed by atoms with Crippen LogP contribution in [-0.2, 0) is 30.3 Å². The monoisotopic (exact) mass is 411 g/mol. The Kier molecular flexibility index (Phi) is 7.44. The van der Waals surface area contributed by atoms with Gasteiger partial charge in [-0.05, 0) is 25.8 Å². The molecule has 162 valence electrons. The van der Waals surface area contributed by atoms with E-state index in [2.05, 4.69) is 5.32 Å². The number of ether oxygens (including phenoxy) is 5. The minimum Gasteiger partial charge on any atom is -0.445 e. The molecule has 1 amide bonds. The van der Waals surface area contributed by atoms with Crippen LogP contribution in [0.2, 0.25) is 0 Å². The molecule has 2 aliphatic rings. The molecule has 9 heteroatoms. The third-order valence-corrected chi connectivity index (χ3v) is 4.72. The zero-order valence-electron chi connectivity index (χ0n) is 16.7. The average molecular weight is 411 g/mol. The molecule has 0 saturated carbocycles. The van der Waals surface area contributed by atoms with Gasteiger partial charge in [-0.15, -0.1) is 0 Å². The largest absolute Gasteiger partial charge is 0.445 e. The average Bonchev–Trinajstić information content (AvgIpc) is 3.04. The van der Waals surface area contributed by atoms with E-state index in [1.165, 1.54) is 0 Å². The molecule has 2 heterocycles. The summed E-state index contributed by atoms with van der Waals surface area (Å²) in [5.41, 5.74) is 0.914. The summed E-state index contributed by atoms with van der Waals surface area (Å²) < 4.78 is 28.0. The van der Waals surface area contributed by atoms with Crippen molar-refractivity contribution in [2.75, 3.05) is 19.8 Å². The lowest BCUT2D eigenvalue weighted by Crippen LogP contribution is -2.58. The van der Waals surface area contributed by atoms with Crippen molar-refractivity contribution in [2.45, 2.75) is 63.4 Å². The van der Waals surface area contributed by atoms with E-state index < -0.39 is 42.6 Å². The van der Waals surface area contributed by atoms with Gasteiger partial charge in [0.2, 0.25) is 0 Å². The highest BCUT2D eigenvalue weighted by molar-refractivity contribution is 5.67. The van der Waals surface area contributed by atoms with Crippen LogP contribution in [0.15, 0.2) is 30.3 Å². The maximum atomic E-state index is 11.7. The number of alkyl carbamates (subject to hydrolysis) is 1. The Hall–Kier alpha value is -1.75. The lowest BCUT2D eigenvalue weighted by atomic mass is 9.99. The summed E-state index contributed by atoms with van der Waals surface area (Å²) in [6.45, 7) is 3.99. The van der Waals surface area contributed by atoms with Gasteiger partial charge in [-0.3, -0.25) is 0 Å². The minimum atomic E-state index is -1.01. The number of nitrogens with one attached hydrogen (secondary N) is 1. The van der Waals surface area contributed by atoms with Gasteiger partial charge in [0.15, 0.2) is 12.1 Å². The first-order chi connectivity index (χ1) is 13.9. The molecule has 0 radical (unpaired) electrons. The maximum absolute atomic E-state index is 11.7. The molecule has 9 nitrogen and oxygen atoms in total. The fraction of sp³-hybridized carbons (Fsp3) is 0.650. The second kappa shape index (κ2) is 9.84. The summed E-state index contributed by atoms with van der Waals surface area (Å²) in [6, 6.07) is 9.42. The Morgan fingerprint density at radius 3 is 2.66 bits per heavy atom. The van der Waals surface area contributed by atoms with Crippen molar-refractivity contribution in [3.63, 3.8) is 0 Å². The van der Waals surface area contributed by atoms with E-state index in [0.717, 1.165) is 5.56 Å². The van der Waals surface area contributed by atoms with Crippen LogP contribution in [0.3, 0.4) is 0 Å². The molecule has 2 aliphatic heterocycles. The predicted octanol–water partition coefficient (Wildman–Crippen LogP) is 0.918. The van der Waals surface area contributed by atoms with Gasteiger partial charge in [-0.1, -0.05) is 30.3 Å². The van der Waals surface area contributed by atoms with Crippen molar-refractivity contribution in [1.29, 1.82) is 0 Å². The van der Waals surface area contributed by atoms with Crippen LogP contribution in [0.4, 0.5) is 4.79 Å². The van der Waals surface area contributed by atoms with Gasteiger partial charge < -0.3 is 39.2 Å². The van der Waals surface area contributed by atoms with E-state index in [0.29, 0.717) is 13.0 Å². The molecule has 3 N–H and O–H groups in total. The Labute approximate surface area is 169 Å². The van der Waals surface area contributed by atoms with Gasteiger partial charge in [-0.25, -0.2) is 4.79 Å². The summed E-state index contributed by atoms with van der Waals surface area (Å²) in [4.78, 5) is 11.7. The summed E-state index contributed by atoms with van der Waals surface area (Å²) in [6.07, 6.45) is -3.84. The Bertz CT molecular complexity index is 655. The first-order valence-corrected chi connectivity index (χ1v) is 9.76. The van der Waals surface area contributed by atoms with E-state index in [1.54, 1.807) is 13.8 Å². The van der Waals surface area contributed by atoms with Gasteiger partial charge in [0.1, 0.15) is 31.0 Å². The molecule has 2 saturated heterocycles. The lowest BCUT2D eigenvalue weighted by Gasteiger charge is -2.39. The van der Waals surface area contributed by atoms with Crippen molar-refractivity contribution in [3.8, 4) is 0 Å². The topological polar surface area (TPSA) is 116 Å². The van der Waals surface area contributed by atoms with Gasteiger partial charge in [0, 0.05) is 6.54 Å². The van der Waals surface area contributed by atoms with Crippen LogP contribution in [0.1, 0.15) is 25.8 Å². The van der Waals surface area contributed by atoms with Crippen molar-refractivity contribution in [2.24, 2.45) is 0 Å². The maximum Gasteiger partial charge on any atom is 0.407 e. The SMILES string of the molecule is CC1(C)O[C@@H]2[C@@H](OCCCNC(=O)OCc3ccccc3)O[C@H](CO)[C@@H](O)[C@@H]2O1. The second-order valence-electron chi connectivity index (χ2n) is 7.49. The molecule has 0 bridgehead atoms. The van der Waals surface area contributed by atoms with E-state index in [9.17, 15) is 15.0 Å². The molecule has 0 spiro atoms. The molecule has 3 rings (SSSR count). The zero-order valence-corrected chi connectivity index (χ0v) is 16.7. The smallest absolute Gasteiger partial charge is 0.407 e. The van der Waals surface area contributed by atoms with Crippen LogP contribution in [0.25, 0.3) is 0 Å². The van der Waals surface area contributed by atoms with E-state index in [4.69, 9.17) is 23.7 Å². The van der Waals surface area contributed by atoms with Gasteiger partial charge >= 0.3 is 6.09 Å². The Morgan fingerprint density at radius 2 is 1.93 bits per heavy atom. The number of benzene rings is 1. The van der Waals surface area contributed by atoms with Crippen LogP contribution in [0.5, 0.6) is 0 Å². The standard InChI is InChI=1S/C20H29NO8/c1-20(2)28-16-15(23)14(11-22)27-18(17(16)29-20)25-10-6-9-21-19(24)26-12-13-7-4-3-5-8-13/h3-5,7-8,14-18,22-23H,6,9-12H2,1-2H3,(H,21,24)/t14-,15-,16+,17+,18+/m1/s1. The van der Waals surface area contributed by atoms with E-state index in [-0.39, 0.29) is 19.8 Å². The van der Waals surface area contributed by atoms with E-state index in [1.807, 2.05) is 30.3 Å². The minimum absolute atomic E-state index is 0.208. The van der Waals surface area contributed by atoms with E-state index >= 15 is 0 Å². The number of carbonyl (C=O) groups excluding carboxylic acids is 1. The third-order valence-electron chi connectivity index (χ3n) is 4.72. The summed E-state index contributed by atoms with van der Waals surface area (Å²) >= 11 is 0. The van der Waals surface area contributed by atoms with Gasteiger partial charge in [0.25, 0.3) is 0 Å². The highest BCUT2D eigenvalue weighted by atomic mass is 16.8. The number of rotatable bonds is 8. The molecular formula is C20H29NO8. The number of hydrogen-bond donors (Lipinski definition) is 3. The van der Waals surface area contributed by atoms with Gasteiger partial charge in [0.05, 0.1) is 13.2 Å². The normalized spacial score (nSPS) is 30.6. The lowest BCUT2D eigenvalue weighted by molar-refractivity contribution is -0.280. The Balaban J connectivity index is 1.37. The molecule has 5 atom stereocenters. The van der Waals surface area contributed by atoms with Crippen LogP contribution in [-0.4, -0.2) is 72.6 Å². The fourth-order valence-corrected chi connectivity index (χ4v) is 3.35. The van der Waals surface area contributed by atoms with Crippen molar-refractivity contribution < 1.29 is 38.7 Å². The summed E-state index contributed by atoms with van der Waals surface area (Å²) in [7, 11) is 0. The molecule has 0 aromatic heterocycles. The zero-order chi connectivity index (χ0) is 20.9. The molecule has 0 aliphatic carbocycles. The number of carbonyl (C=O) groups is 1. The van der Waals surface area contributed by atoms with Crippen molar-refractivity contribution in [1.82, 2.24) is 5.32 Å². The van der Waals surface area contributed by atoms with Crippen molar-refractivity contribution >= 4 is 6.09 Å². The third kappa shape index (κ3) is 5.88. The molecule has 1 aromatic rings. The van der Waals surface area contributed by atoms with Gasteiger partial charge in [-0.2, -0.15) is 0 Å². The summed E-state index contributed by atoms with van der Waals surface area (Å²) in [5.74, 6) is -0.879. The predicted molar refractivity (Wildman–Crippen MR) is 101 cm³/mol. The number of aliphatic hydroxyl groups is 2. The molecule has 29 heavy (non-hydrogen) atoms. The number of fused-ring (bicyclic) bond motifs is 1. The molecule has 1 aromatic carbocycles. The Morgan fingerprint density at radius 1 is 1.21 bits per heavy atom. The first-order valence-electron chi connectivity index (χ1n) is 9.76. The van der Waals surface area contributed by atoms with Crippen LogP contribution < -0.4 is 5.32 Å². The highest BCUT2D eigenvalue weighted by Crippen LogP contribution is 2.37. The van der Waals surface area contributed by atoms with Crippen LogP contribution >= 0.6 is 0 Å². The highest BCUT2D eigenvalue weighted by Gasteiger charge is 2.55. The van der Waals surface area contributed by atoms with Crippen molar-refractivity contribution in [3.05, 3.63) is 35.9 Å². The fourth-order valence-electron chi connectivity index (χ4n) is 3.35. The quantitative estimate of drug-likeness (QED) is 0.541. The van der Waals surface area contributed by atoms with Crippen LogP contribution in [0, 0.1) is 0 Å². The number of hydrogen-bond acceptors (Lipinski definition) is 8.